The Labute approximate surface area is 146 Å². The maximum absolute atomic E-state index is 12.4. The molecule has 0 atom stereocenters. The molecule has 1 saturated heterocycles. The van der Waals surface area contributed by atoms with Crippen molar-refractivity contribution in [3.63, 3.8) is 0 Å². The van der Waals surface area contributed by atoms with Gasteiger partial charge >= 0.3 is 0 Å². The van der Waals surface area contributed by atoms with Crippen molar-refractivity contribution in [1.82, 2.24) is 9.88 Å². The number of methoxy groups -OCH3 is 1. The number of rotatable bonds is 5. The maximum atomic E-state index is 12.4. The van der Waals surface area contributed by atoms with Crippen molar-refractivity contribution in [2.45, 2.75) is 25.7 Å². The topological polar surface area (TPSA) is 51.7 Å². The van der Waals surface area contributed by atoms with E-state index in [2.05, 4.69) is 10.4 Å². The van der Waals surface area contributed by atoms with Gasteiger partial charge in [0.05, 0.1) is 12.1 Å². The van der Waals surface area contributed by atoms with Gasteiger partial charge in [0.25, 0.3) is 5.91 Å². The van der Waals surface area contributed by atoms with Gasteiger partial charge in [0.1, 0.15) is 0 Å². The van der Waals surface area contributed by atoms with Crippen LogP contribution in [0.2, 0.25) is 0 Å². The number of amides is 1. The first-order valence-electron chi connectivity index (χ1n) is 8.13. The number of ether oxygens (including phenoxy) is 2. The predicted molar refractivity (Wildman–Crippen MR) is 93.9 cm³/mol. The first-order chi connectivity index (χ1) is 11.7. The number of hydrogen-bond donors (Lipinski definition) is 0. The Kier molecular flexibility index (Phi) is 5.35. The fourth-order valence-corrected chi connectivity index (χ4v) is 3.87. The second-order valence-electron chi connectivity index (χ2n) is 5.92. The van der Waals surface area contributed by atoms with E-state index in [0.29, 0.717) is 17.4 Å². The van der Waals surface area contributed by atoms with E-state index in [9.17, 15) is 4.79 Å². The van der Waals surface area contributed by atoms with Crippen LogP contribution in [0.5, 0.6) is 11.5 Å². The van der Waals surface area contributed by atoms with Crippen molar-refractivity contribution < 1.29 is 14.3 Å². The van der Waals surface area contributed by atoms with Crippen LogP contribution >= 0.6 is 11.3 Å². The normalized spacial score (nSPS) is 15.3. The molecule has 1 aliphatic rings. The Morgan fingerprint density at radius 2 is 2.00 bits per heavy atom. The zero-order valence-electron chi connectivity index (χ0n) is 14.0. The molecule has 0 saturated carbocycles. The SMILES string of the molecule is COc1ccccc1OCC(=O)N1CCC(c2nc(C)cs2)CC1. The summed E-state index contributed by atoms with van der Waals surface area (Å²) in [6.45, 7) is 3.59. The highest BCUT2D eigenvalue weighted by molar-refractivity contribution is 7.09. The van der Waals surface area contributed by atoms with Crippen LogP contribution in [0.3, 0.4) is 0 Å². The van der Waals surface area contributed by atoms with Gasteiger partial charge < -0.3 is 14.4 Å². The molecule has 0 radical (unpaired) electrons. The van der Waals surface area contributed by atoms with E-state index in [1.165, 1.54) is 5.01 Å². The molecule has 5 nitrogen and oxygen atoms in total. The minimum Gasteiger partial charge on any atom is -0.493 e. The number of aryl methyl sites for hydroxylation is 1. The number of carbonyl (C=O) groups is 1. The molecule has 24 heavy (non-hydrogen) atoms. The maximum Gasteiger partial charge on any atom is 0.260 e. The number of piperidine rings is 1. The van der Waals surface area contributed by atoms with Crippen molar-refractivity contribution in [2.24, 2.45) is 0 Å². The van der Waals surface area contributed by atoms with Crippen molar-refractivity contribution in [1.29, 1.82) is 0 Å². The van der Waals surface area contributed by atoms with E-state index in [4.69, 9.17) is 9.47 Å². The summed E-state index contributed by atoms with van der Waals surface area (Å²) in [4.78, 5) is 18.8. The second-order valence-corrected chi connectivity index (χ2v) is 6.81. The zero-order chi connectivity index (χ0) is 16.9. The molecule has 0 N–H and O–H groups in total. The molecule has 3 rings (SSSR count). The van der Waals surface area contributed by atoms with Crippen molar-refractivity contribution in [3.05, 3.63) is 40.3 Å². The first kappa shape index (κ1) is 16.8. The Morgan fingerprint density at radius 3 is 2.62 bits per heavy atom. The van der Waals surface area contributed by atoms with Crippen molar-refractivity contribution in [3.8, 4) is 11.5 Å². The molecule has 1 aromatic carbocycles. The summed E-state index contributed by atoms with van der Waals surface area (Å²) < 4.78 is 10.9. The molecule has 0 aliphatic carbocycles. The molecule has 1 aromatic heterocycles. The molecule has 2 aromatic rings. The lowest BCUT2D eigenvalue weighted by atomic mass is 9.97. The van der Waals surface area contributed by atoms with Crippen LogP contribution in [-0.4, -0.2) is 42.6 Å². The van der Waals surface area contributed by atoms with Gasteiger partial charge in [-0.25, -0.2) is 4.98 Å². The molecule has 1 fully saturated rings. The van der Waals surface area contributed by atoms with Gasteiger partial charge in [-0.15, -0.1) is 11.3 Å². The Balaban J connectivity index is 1.50. The lowest BCUT2D eigenvalue weighted by Gasteiger charge is -2.31. The van der Waals surface area contributed by atoms with Gasteiger partial charge in [0.15, 0.2) is 18.1 Å². The molecule has 1 aliphatic heterocycles. The molecule has 0 bridgehead atoms. The molecule has 0 unspecified atom stereocenters. The smallest absolute Gasteiger partial charge is 0.260 e. The number of aromatic nitrogens is 1. The number of hydrogen-bond acceptors (Lipinski definition) is 5. The largest absolute Gasteiger partial charge is 0.493 e. The average molecular weight is 346 g/mol. The van der Waals surface area contributed by atoms with Crippen LogP contribution in [0.25, 0.3) is 0 Å². The summed E-state index contributed by atoms with van der Waals surface area (Å²) in [5, 5.41) is 3.29. The summed E-state index contributed by atoms with van der Waals surface area (Å²) in [5.74, 6) is 1.74. The number of benzene rings is 1. The Hall–Kier alpha value is -2.08. The number of thiazole rings is 1. The zero-order valence-corrected chi connectivity index (χ0v) is 14.8. The summed E-state index contributed by atoms with van der Waals surface area (Å²) in [6, 6.07) is 7.37. The number of nitrogens with zero attached hydrogens (tertiary/aromatic N) is 2. The van der Waals surface area contributed by atoms with Crippen LogP contribution in [0.4, 0.5) is 0 Å². The lowest BCUT2D eigenvalue weighted by molar-refractivity contribution is -0.134. The number of likely N-dealkylation sites (tertiary alicyclic amines) is 1. The first-order valence-corrected chi connectivity index (χ1v) is 9.01. The molecule has 128 valence electrons. The van der Waals surface area contributed by atoms with Gasteiger partial charge in [-0.05, 0) is 31.9 Å². The van der Waals surface area contributed by atoms with Crippen LogP contribution in [0.15, 0.2) is 29.6 Å². The van der Waals surface area contributed by atoms with Crippen LogP contribution < -0.4 is 9.47 Å². The van der Waals surface area contributed by atoms with E-state index in [1.807, 2.05) is 36.1 Å². The summed E-state index contributed by atoms with van der Waals surface area (Å²) in [5.41, 5.74) is 1.08. The van der Waals surface area contributed by atoms with Crippen LogP contribution in [0, 0.1) is 6.92 Å². The summed E-state index contributed by atoms with van der Waals surface area (Å²) in [6.07, 6.45) is 1.93. The lowest BCUT2D eigenvalue weighted by Crippen LogP contribution is -2.40. The molecule has 2 heterocycles. The van der Waals surface area contributed by atoms with Crippen LogP contribution in [-0.2, 0) is 4.79 Å². The third-order valence-electron chi connectivity index (χ3n) is 4.25. The second kappa shape index (κ2) is 7.66. The van der Waals surface area contributed by atoms with E-state index >= 15 is 0 Å². The Morgan fingerprint density at radius 1 is 1.29 bits per heavy atom. The van der Waals surface area contributed by atoms with E-state index < -0.39 is 0 Å². The van der Waals surface area contributed by atoms with E-state index in [1.54, 1.807) is 18.4 Å². The highest BCUT2D eigenvalue weighted by atomic mass is 32.1. The summed E-state index contributed by atoms with van der Waals surface area (Å²) in [7, 11) is 1.59. The van der Waals surface area contributed by atoms with Crippen molar-refractivity contribution >= 4 is 17.2 Å². The molecule has 6 heteroatoms. The molecular formula is C18H22N2O3S. The van der Waals surface area contributed by atoms with Crippen molar-refractivity contribution in [2.75, 3.05) is 26.8 Å². The highest BCUT2D eigenvalue weighted by Gasteiger charge is 2.25. The third-order valence-corrected chi connectivity index (χ3v) is 5.38. The highest BCUT2D eigenvalue weighted by Crippen LogP contribution is 2.30. The van der Waals surface area contributed by atoms with E-state index in [-0.39, 0.29) is 12.5 Å². The Bertz CT molecular complexity index is 693. The molecule has 0 spiro atoms. The monoisotopic (exact) mass is 346 g/mol. The quantitative estimate of drug-likeness (QED) is 0.834. The predicted octanol–water partition coefficient (Wildman–Crippen LogP) is 3.25. The summed E-state index contributed by atoms with van der Waals surface area (Å²) >= 11 is 1.72. The van der Waals surface area contributed by atoms with Gasteiger partial charge in [0, 0.05) is 30.1 Å². The van der Waals surface area contributed by atoms with Crippen LogP contribution in [0.1, 0.15) is 29.5 Å². The molecule has 1 amide bonds. The van der Waals surface area contributed by atoms with Gasteiger partial charge in [0.2, 0.25) is 0 Å². The van der Waals surface area contributed by atoms with Gasteiger partial charge in [-0.1, -0.05) is 12.1 Å². The third kappa shape index (κ3) is 3.87. The van der Waals surface area contributed by atoms with Gasteiger partial charge in [-0.3, -0.25) is 4.79 Å². The minimum absolute atomic E-state index is 0.0228. The molecular weight excluding hydrogens is 324 g/mol. The fourth-order valence-electron chi connectivity index (χ4n) is 2.90. The standard InChI is InChI=1S/C18H22N2O3S/c1-13-12-24-18(19-13)14-7-9-20(10-8-14)17(21)11-23-16-6-4-3-5-15(16)22-2/h3-6,12,14H,7-11H2,1-2H3. The number of para-hydroxylation sites is 2. The minimum atomic E-state index is 0.0228. The van der Waals surface area contributed by atoms with E-state index in [0.717, 1.165) is 31.6 Å². The average Bonchev–Trinajstić information content (AvgIpc) is 3.06. The fraction of sp³-hybridized carbons (Fsp3) is 0.444. The number of carbonyl (C=O) groups excluding carboxylic acids is 1. The van der Waals surface area contributed by atoms with Gasteiger partial charge in [-0.2, -0.15) is 0 Å².